The van der Waals surface area contributed by atoms with Gasteiger partial charge in [0, 0.05) is 25.7 Å². The molecule has 0 saturated heterocycles. The van der Waals surface area contributed by atoms with Crippen LogP contribution in [-0.2, 0) is 0 Å². The summed E-state index contributed by atoms with van der Waals surface area (Å²) in [6.07, 6.45) is 8.78. The molecule has 0 fully saturated rings. The molecule has 242 valence electrons. The molecule has 0 amide bonds. The van der Waals surface area contributed by atoms with Gasteiger partial charge in [-0.05, 0) is 123 Å². The van der Waals surface area contributed by atoms with Gasteiger partial charge in [0.2, 0.25) is 0 Å². The van der Waals surface area contributed by atoms with Crippen molar-refractivity contribution >= 4 is 65.6 Å². The van der Waals surface area contributed by atoms with Crippen LogP contribution in [0.2, 0.25) is 0 Å². The van der Waals surface area contributed by atoms with Crippen molar-refractivity contribution in [1.82, 2.24) is 4.98 Å². The van der Waals surface area contributed by atoms with Gasteiger partial charge in [0.05, 0.1) is 0 Å². The number of hydrogen-bond acceptors (Lipinski definition) is 2. The number of hydrogen-bond donors (Lipinski definition) is 0. The van der Waals surface area contributed by atoms with Crippen LogP contribution in [0.5, 0.6) is 0 Å². The minimum absolute atomic E-state index is 0.916. The molecule has 9 aromatic rings. The number of fused-ring (bicyclic) bond motifs is 5. The lowest BCUT2D eigenvalue weighted by molar-refractivity contribution is 1.25. The number of aliphatic imine (C=N–C) groups is 1. The Bertz CT molecular complexity index is 2730. The first kappa shape index (κ1) is 30.7. The maximum absolute atomic E-state index is 4.32. The Hall–Kier alpha value is -6.38. The van der Waals surface area contributed by atoms with Gasteiger partial charge in [-0.25, -0.2) is 0 Å². The third kappa shape index (κ3) is 4.94. The molecular weight excluding hydrogens is 617 g/mol. The lowest BCUT2D eigenvalue weighted by atomic mass is 9.81. The molecule has 0 bridgehead atoms. The van der Waals surface area contributed by atoms with Gasteiger partial charge in [-0.2, -0.15) is 0 Å². The van der Waals surface area contributed by atoms with Crippen LogP contribution in [0, 0.1) is 0 Å². The predicted octanol–water partition coefficient (Wildman–Crippen LogP) is 13.3. The molecule has 9 rings (SSSR count). The van der Waals surface area contributed by atoms with Gasteiger partial charge < -0.3 is 0 Å². The van der Waals surface area contributed by atoms with Gasteiger partial charge in [-0.3, -0.25) is 9.98 Å². The van der Waals surface area contributed by atoms with Crippen molar-refractivity contribution < 1.29 is 0 Å². The van der Waals surface area contributed by atoms with Crippen LogP contribution >= 0.6 is 0 Å². The molecule has 0 unspecified atom stereocenters. The summed E-state index contributed by atoms with van der Waals surface area (Å²) in [5, 5.41) is 12.5. The van der Waals surface area contributed by atoms with Gasteiger partial charge in [-0.1, -0.05) is 140 Å². The van der Waals surface area contributed by atoms with Crippen LogP contribution in [0.25, 0.3) is 92.8 Å². The standard InChI is InChI=1S/C49H36N2/c1-3-32(26-29-50-2)46-36-16-6-10-20-40(36)48(41-21-11-7-17-37(41)46)44-24-25-45(35-15-5-4-14-34(35)44)49-42-22-12-8-18-38(42)47(33-27-30-51-31-28-33)39-19-9-13-23-43(39)49/h4-31H,3H2,1-2H3/b32-26+,50-29?. The summed E-state index contributed by atoms with van der Waals surface area (Å²) < 4.78 is 0. The van der Waals surface area contributed by atoms with Crippen molar-refractivity contribution in [2.75, 3.05) is 7.05 Å². The molecule has 1 aromatic heterocycles. The number of nitrogens with zero attached hydrogens (tertiary/aromatic N) is 2. The van der Waals surface area contributed by atoms with E-state index in [1.807, 2.05) is 25.7 Å². The van der Waals surface area contributed by atoms with E-state index in [0.29, 0.717) is 0 Å². The van der Waals surface area contributed by atoms with E-state index in [2.05, 4.69) is 169 Å². The monoisotopic (exact) mass is 652 g/mol. The molecule has 0 atom stereocenters. The molecule has 0 saturated carbocycles. The van der Waals surface area contributed by atoms with E-state index in [1.54, 1.807) is 0 Å². The molecule has 1 heterocycles. The molecule has 8 aromatic carbocycles. The van der Waals surface area contributed by atoms with E-state index in [4.69, 9.17) is 0 Å². The Morgan fingerprint density at radius 3 is 1.25 bits per heavy atom. The first-order valence-electron chi connectivity index (χ1n) is 17.7. The SMILES string of the molecule is CC/C(=C\C=NC)c1c2ccccc2c(-c2ccc(-c3c4ccccc4c(-c4ccncc4)c4ccccc34)c3ccccc23)c2ccccc12. The summed E-state index contributed by atoms with van der Waals surface area (Å²) in [6, 6.07) is 53.5. The topological polar surface area (TPSA) is 25.2 Å². The molecular formula is C49H36N2. The minimum atomic E-state index is 0.916. The lowest BCUT2D eigenvalue weighted by Gasteiger charge is -2.21. The normalized spacial score (nSPS) is 12.2. The summed E-state index contributed by atoms with van der Waals surface area (Å²) in [7, 11) is 1.83. The zero-order chi connectivity index (χ0) is 34.3. The van der Waals surface area contributed by atoms with Crippen molar-refractivity contribution in [3.05, 3.63) is 170 Å². The maximum Gasteiger partial charge on any atom is 0.0277 e. The fraction of sp³-hybridized carbons (Fsp3) is 0.0612. The van der Waals surface area contributed by atoms with Crippen molar-refractivity contribution in [2.24, 2.45) is 4.99 Å². The largest absolute Gasteiger partial charge is 0.297 e. The second-order valence-corrected chi connectivity index (χ2v) is 13.1. The summed E-state index contributed by atoms with van der Waals surface area (Å²) in [5.41, 5.74) is 10.0. The zero-order valence-electron chi connectivity index (χ0n) is 28.8. The zero-order valence-corrected chi connectivity index (χ0v) is 28.8. The average molecular weight is 653 g/mol. The van der Waals surface area contributed by atoms with Gasteiger partial charge in [-0.15, -0.1) is 0 Å². The summed E-state index contributed by atoms with van der Waals surface area (Å²) in [5.74, 6) is 0. The fourth-order valence-electron chi connectivity index (χ4n) is 8.29. The number of allylic oxidation sites excluding steroid dienone is 2. The fourth-order valence-corrected chi connectivity index (χ4v) is 8.29. The van der Waals surface area contributed by atoms with Crippen LogP contribution in [0.3, 0.4) is 0 Å². The summed E-state index contributed by atoms with van der Waals surface area (Å²) in [6.45, 7) is 2.23. The van der Waals surface area contributed by atoms with E-state index in [-0.39, 0.29) is 0 Å². The maximum atomic E-state index is 4.32. The first-order valence-corrected chi connectivity index (χ1v) is 17.7. The smallest absolute Gasteiger partial charge is 0.0277 e. The second kappa shape index (κ2) is 12.8. The van der Waals surface area contributed by atoms with Crippen molar-refractivity contribution in [3.63, 3.8) is 0 Å². The molecule has 0 aliphatic carbocycles. The number of benzene rings is 8. The van der Waals surface area contributed by atoms with E-state index < -0.39 is 0 Å². The van der Waals surface area contributed by atoms with Crippen molar-refractivity contribution in [1.29, 1.82) is 0 Å². The third-order valence-electron chi connectivity index (χ3n) is 10.4. The third-order valence-corrected chi connectivity index (χ3v) is 10.4. The van der Waals surface area contributed by atoms with E-state index >= 15 is 0 Å². The van der Waals surface area contributed by atoms with Crippen LogP contribution in [0.15, 0.2) is 169 Å². The Labute approximate surface area is 298 Å². The molecule has 0 aliphatic heterocycles. The van der Waals surface area contributed by atoms with Crippen LogP contribution in [0.1, 0.15) is 18.9 Å². The van der Waals surface area contributed by atoms with Crippen LogP contribution in [0.4, 0.5) is 0 Å². The Balaban J connectivity index is 1.38. The Morgan fingerprint density at radius 2 is 0.843 bits per heavy atom. The number of rotatable bonds is 6. The molecule has 2 nitrogen and oxygen atoms in total. The van der Waals surface area contributed by atoms with E-state index in [1.165, 1.54) is 98.4 Å². The highest BCUT2D eigenvalue weighted by atomic mass is 14.6. The quantitative estimate of drug-likeness (QED) is 0.130. The molecule has 0 N–H and O–H groups in total. The second-order valence-electron chi connectivity index (χ2n) is 13.1. The molecule has 0 radical (unpaired) electrons. The van der Waals surface area contributed by atoms with Gasteiger partial charge in [0.1, 0.15) is 0 Å². The Morgan fingerprint density at radius 1 is 0.471 bits per heavy atom. The van der Waals surface area contributed by atoms with Gasteiger partial charge in [0.15, 0.2) is 0 Å². The van der Waals surface area contributed by atoms with Crippen molar-refractivity contribution in [3.8, 4) is 33.4 Å². The lowest BCUT2D eigenvalue weighted by Crippen LogP contribution is -1.95. The average Bonchev–Trinajstić information content (AvgIpc) is 3.20. The van der Waals surface area contributed by atoms with Gasteiger partial charge >= 0.3 is 0 Å². The predicted molar refractivity (Wildman–Crippen MR) is 221 cm³/mol. The van der Waals surface area contributed by atoms with E-state index in [9.17, 15) is 0 Å². The van der Waals surface area contributed by atoms with Gasteiger partial charge in [0.25, 0.3) is 0 Å². The Kier molecular flexibility index (Phi) is 7.71. The highest BCUT2D eigenvalue weighted by molar-refractivity contribution is 6.26. The van der Waals surface area contributed by atoms with Crippen molar-refractivity contribution in [2.45, 2.75) is 13.3 Å². The van der Waals surface area contributed by atoms with Crippen LogP contribution < -0.4 is 0 Å². The number of pyridine rings is 1. The molecule has 0 spiro atoms. The minimum Gasteiger partial charge on any atom is -0.297 e. The molecule has 0 aliphatic rings. The number of aromatic nitrogens is 1. The summed E-state index contributed by atoms with van der Waals surface area (Å²) >= 11 is 0. The first-order chi connectivity index (χ1) is 25.3. The highest BCUT2D eigenvalue weighted by Gasteiger charge is 2.21. The van der Waals surface area contributed by atoms with Crippen LogP contribution in [-0.4, -0.2) is 18.2 Å². The summed E-state index contributed by atoms with van der Waals surface area (Å²) in [4.78, 5) is 8.62. The molecule has 51 heavy (non-hydrogen) atoms. The highest BCUT2D eigenvalue weighted by Crippen LogP contribution is 2.48. The molecule has 2 heteroatoms. The van der Waals surface area contributed by atoms with E-state index in [0.717, 1.165) is 6.42 Å².